The van der Waals surface area contributed by atoms with Crippen molar-refractivity contribution in [1.29, 1.82) is 0 Å². The van der Waals surface area contributed by atoms with Gasteiger partial charge in [-0.3, -0.25) is 0 Å². The van der Waals surface area contributed by atoms with Gasteiger partial charge in [-0.15, -0.1) is 0 Å². The highest BCUT2D eigenvalue weighted by atomic mass is 15.1. The normalized spacial score (nSPS) is 10.8. The molecule has 2 aromatic heterocycles. The number of hydrogen-bond acceptors (Lipinski definition) is 3. The number of nitrogens with one attached hydrogen (secondary N) is 1. The number of aryl methyl sites for hydroxylation is 2. The van der Waals surface area contributed by atoms with Crippen LogP contribution in [0, 0.1) is 0 Å². The zero-order valence-electron chi connectivity index (χ0n) is 15.9. The molecule has 0 fully saturated rings. The lowest BCUT2D eigenvalue weighted by molar-refractivity contribution is 0.660. The van der Waals surface area contributed by atoms with Gasteiger partial charge in [-0.05, 0) is 49.9 Å². The summed E-state index contributed by atoms with van der Waals surface area (Å²) in [6.07, 6.45) is 12.3. The molecule has 3 nitrogen and oxygen atoms in total. The Hall–Kier alpha value is -1.90. The van der Waals surface area contributed by atoms with E-state index in [-0.39, 0.29) is 0 Å². The number of nitrogens with zero attached hydrogens (tertiary/aromatic N) is 2. The van der Waals surface area contributed by atoms with E-state index in [0.29, 0.717) is 0 Å². The van der Waals surface area contributed by atoms with Gasteiger partial charge in [-0.1, -0.05) is 64.5 Å². The lowest BCUT2D eigenvalue weighted by Crippen LogP contribution is -2.00. The molecule has 0 atom stereocenters. The Morgan fingerprint density at radius 1 is 0.640 bits per heavy atom. The first-order valence-electron chi connectivity index (χ1n) is 10.0. The molecular weight excluding hydrogens is 306 g/mol. The third-order valence-corrected chi connectivity index (χ3v) is 4.44. The molecular formula is C22H33N3. The molecule has 0 spiro atoms. The van der Waals surface area contributed by atoms with Gasteiger partial charge < -0.3 is 5.32 Å². The molecule has 2 heterocycles. The number of aromatic nitrogens is 2. The summed E-state index contributed by atoms with van der Waals surface area (Å²) in [5, 5.41) is 3.37. The van der Waals surface area contributed by atoms with Crippen molar-refractivity contribution in [2.45, 2.75) is 78.1 Å². The maximum atomic E-state index is 4.73. The van der Waals surface area contributed by atoms with Crippen LogP contribution in [0.1, 0.15) is 76.6 Å². The lowest BCUT2D eigenvalue weighted by Gasteiger charge is -2.08. The van der Waals surface area contributed by atoms with E-state index in [0.717, 1.165) is 35.9 Å². The monoisotopic (exact) mass is 339 g/mol. The molecule has 0 saturated heterocycles. The Bertz CT molecular complexity index is 556. The molecule has 0 aliphatic carbocycles. The molecule has 0 radical (unpaired) electrons. The molecule has 0 bridgehead atoms. The molecule has 0 saturated carbocycles. The van der Waals surface area contributed by atoms with E-state index < -0.39 is 0 Å². The Morgan fingerprint density at radius 2 is 1.12 bits per heavy atom. The molecule has 1 N–H and O–H groups in total. The van der Waals surface area contributed by atoms with Crippen LogP contribution in [0.3, 0.4) is 0 Å². The van der Waals surface area contributed by atoms with Gasteiger partial charge in [-0.25, -0.2) is 9.97 Å². The highest BCUT2D eigenvalue weighted by molar-refractivity contribution is 5.51. The van der Waals surface area contributed by atoms with Gasteiger partial charge in [0, 0.05) is 11.4 Å². The van der Waals surface area contributed by atoms with Crippen LogP contribution >= 0.6 is 0 Å². The lowest BCUT2D eigenvalue weighted by atomic mass is 10.1. The van der Waals surface area contributed by atoms with E-state index in [9.17, 15) is 0 Å². The topological polar surface area (TPSA) is 37.8 Å². The van der Waals surface area contributed by atoms with Crippen LogP contribution in [0.15, 0.2) is 36.4 Å². The Balaban J connectivity index is 1.88. The van der Waals surface area contributed by atoms with Gasteiger partial charge in [0.25, 0.3) is 0 Å². The van der Waals surface area contributed by atoms with Crippen LogP contribution in [0.5, 0.6) is 0 Å². The van der Waals surface area contributed by atoms with Crippen LogP contribution in [0.2, 0.25) is 0 Å². The number of anilines is 2. The number of hydrogen-bond donors (Lipinski definition) is 1. The Kier molecular flexibility index (Phi) is 9.03. The van der Waals surface area contributed by atoms with Crippen molar-refractivity contribution < 1.29 is 0 Å². The highest BCUT2D eigenvalue weighted by Gasteiger charge is 2.02. The van der Waals surface area contributed by atoms with Crippen molar-refractivity contribution in [1.82, 2.24) is 9.97 Å². The maximum absolute atomic E-state index is 4.73. The molecule has 2 rings (SSSR count). The van der Waals surface area contributed by atoms with Gasteiger partial charge in [0.05, 0.1) is 0 Å². The standard InChI is InChI=1S/C22H33N3/c1-3-5-7-9-13-19-15-11-17-21(23-19)25-22-18-12-16-20(24-22)14-10-8-6-4-2/h11-12,15-18H,3-10,13-14H2,1-2H3,(H,23,24,25). The molecule has 0 aromatic carbocycles. The van der Waals surface area contributed by atoms with E-state index in [1.165, 1.54) is 51.4 Å². The summed E-state index contributed by atoms with van der Waals surface area (Å²) in [6.45, 7) is 4.49. The van der Waals surface area contributed by atoms with Gasteiger partial charge in [0.2, 0.25) is 0 Å². The first-order chi connectivity index (χ1) is 12.3. The van der Waals surface area contributed by atoms with Gasteiger partial charge >= 0.3 is 0 Å². The number of pyridine rings is 2. The molecule has 0 unspecified atom stereocenters. The summed E-state index contributed by atoms with van der Waals surface area (Å²) in [5.41, 5.74) is 2.33. The Labute approximate surface area is 153 Å². The van der Waals surface area contributed by atoms with Crippen LogP contribution in [-0.2, 0) is 12.8 Å². The quantitative estimate of drug-likeness (QED) is 0.450. The molecule has 0 aliphatic heterocycles. The second-order valence-electron chi connectivity index (χ2n) is 6.77. The molecule has 136 valence electrons. The van der Waals surface area contributed by atoms with E-state index in [1.807, 2.05) is 12.1 Å². The summed E-state index contributed by atoms with van der Waals surface area (Å²) in [4.78, 5) is 9.46. The van der Waals surface area contributed by atoms with Crippen LogP contribution in [-0.4, -0.2) is 9.97 Å². The Morgan fingerprint density at radius 3 is 1.56 bits per heavy atom. The molecule has 2 aromatic rings. The fourth-order valence-corrected chi connectivity index (χ4v) is 2.97. The fourth-order valence-electron chi connectivity index (χ4n) is 2.97. The second-order valence-corrected chi connectivity index (χ2v) is 6.77. The summed E-state index contributed by atoms with van der Waals surface area (Å²) in [6, 6.07) is 12.4. The van der Waals surface area contributed by atoms with E-state index in [2.05, 4.69) is 43.4 Å². The van der Waals surface area contributed by atoms with Crippen molar-refractivity contribution >= 4 is 11.6 Å². The van der Waals surface area contributed by atoms with Crippen molar-refractivity contribution in [3.63, 3.8) is 0 Å². The summed E-state index contributed by atoms with van der Waals surface area (Å²) in [5.74, 6) is 1.78. The minimum absolute atomic E-state index is 0.892. The zero-order chi connectivity index (χ0) is 17.7. The molecule has 3 heteroatoms. The molecule has 0 aliphatic rings. The predicted octanol–water partition coefficient (Wildman–Crippen LogP) is 6.47. The first kappa shape index (κ1) is 19.4. The molecule has 0 amide bonds. The highest BCUT2D eigenvalue weighted by Crippen LogP contribution is 2.15. The van der Waals surface area contributed by atoms with Crippen LogP contribution in [0.4, 0.5) is 11.6 Å². The summed E-state index contributed by atoms with van der Waals surface area (Å²) in [7, 11) is 0. The average Bonchev–Trinajstić information content (AvgIpc) is 2.63. The third-order valence-electron chi connectivity index (χ3n) is 4.44. The van der Waals surface area contributed by atoms with Crippen molar-refractivity contribution in [3.05, 3.63) is 47.8 Å². The predicted molar refractivity (Wildman–Crippen MR) is 107 cm³/mol. The largest absolute Gasteiger partial charge is 0.325 e. The maximum Gasteiger partial charge on any atom is 0.131 e. The summed E-state index contributed by atoms with van der Waals surface area (Å²) < 4.78 is 0. The minimum Gasteiger partial charge on any atom is -0.325 e. The summed E-state index contributed by atoms with van der Waals surface area (Å²) >= 11 is 0. The first-order valence-corrected chi connectivity index (χ1v) is 10.0. The van der Waals surface area contributed by atoms with Gasteiger partial charge in [0.1, 0.15) is 11.6 Å². The third kappa shape index (κ3) is 7.68. The van der Waals surface area contributed by atoms with Gasteiger partial charge in [-0.2, -0.15) is 0 Å². The average molecular weight is 340 g/mol. The number of rotatable bonds is 12. The number of unbranched alkanes of at least 4 members (excludes halogenated alkanes) is 6. The van der Waals surface area contributed by atoms with Crippen LogP contribution < -0.4 is 5.32 Å². The SMILES string of the molecule is CCCCCCc1cccc(Nc2cccc(CCCCCC)n2)n1. The zero-order valence-corrected chi connectivity index (χ0v) is 15.9. The van der Waals surface area contributed by atoms with Crippen LogP contribution in [0.25, 0.3) is 0 Å². The molecule has 25 heavy (non-hydrogen) atoms. The fraction of sp³-hybridized carbons (Fsp3) is 0.545. The van der Waals surface area contributed by atoms with Crippen molar-refractivity contribution in [2.75, 3.05) is 5.32 Å². The smallest absolute Gasteiger partial charge is 0.131 e. The van der Waals surface area contributed by atoms with E-state index in [1.54, 1.807) is 0 Å². The van der Waals surface area contributed by atoms with Crippen molar-refractivity contribution in [3.8, 4) is 0 Å². The minimum atomic E-state index is 0.892. The van der Waals surface area contributed by atoms with Crippen molar-refractivity contribution in [2.24, 2.45) is 0 Å². The van der Waals surface area contributed by atoms with E-state index in [4.69, 9.17) is 9.97 Å². The van der Waals surface area contributed by atoms with E-state index >= 15 is 0 Å². The van der Waals surface area contributed by atoms with Gasteiger partial charge in [0.15, 0.2) is 0 Å². The second kappa shape index (κ2) is 11.6.